The molecule has 0 bridgehead atoms. The van der Waals surface area contributed by atoms with Gasteiger partial charge in [-0.3, -0.25) is 10.1 Å². The van der Waals surface area contributed by atoms with Crippen LogP contribution in [-0.2, 0) is 11.3 Å². The SMILES string of the molecule is O=[N+]([O-])/C=C/OCc1cccc2ccccc12. The van der Waals surface area contributed by atoms with E-state index in [-0.39, 0.29) is 0 Å². The highest BCUT2D eigenvalue weighted by atomic mass is 16.6. The fourth-order valence-corrected chi connectivity index (χ4v) is 1.65. The smallest absolute Gasteiger partial charge is 0.268 e. The number of nitrogens with zero attached hydrogens (tertiary/aromatic N) is 1. The summed E-state index contributed by atoms with van der Waals surface area (Å²) in [4.78, 5) is 9.51. The number of ether oxygens (including phenoxy) is 1. The van der Waals surface area contributed by atoms with Gasteiger partial charge in [-0.15, -0.1) is 0 Å². The molecule has 0 unspecified atom stereocenters. The molecule has 86 valence electrons. The van der Waals surface area contributed by atoms with Crippen LogP contribution in [0.2, 0.25) is 0 Å². The molecule has 0 atom stereocenters. The average molecular weight is 229 g/mol. The molecule has 0 saturated heterocycles. The van der Waals surface area contributed by atoms with Crippen molar-refractivity contribution < 1.29 is 9.66 Å². The number of fused-ring (bicyclic) bond motifs is 1. The first-order valence-electron chi connectivity index (χ1n) is 5.16. The third kappa shape index (κ3) is 2.81. The van der Waals surface area contributed by atoms with Gasteiger partial charge in [0.15, 0.2) is 6.26 Å². The molecule has 2 rings (SSSR count). The van der Waals surface area contributed by atoms with E-state index in [2.05, 4.69) is 0 Å². The van der Waals surface area contributed by atoms with Crippen LogP contribution in [0.4, 0.5) is 0 Å². The van der Waals surface area contributed by atoms with Gasteiger partial charge in [-0.25, -0.2) is 0 Å². The Balaban J connectivity index is 2.16. The first-order chi connectivity index (χ1) is 8.27. The van der Waals surface area contributed by atoms with Crippen molar-refractivity contribution in [2.75, 3.05) is 0 Å². The lowest BCUT2D eigenvalue weighted by atomic mass is 10.1. The number of nitro groups is 1. The lowest BCUT2D eigenvalue weighted by Gasteiger charge is -2.05. The second kappa shape index (κ2) is 5.12. The van der Waals surface area contributed by atoms with E-state index >= 15 is 0 Å². The number of rotatable bonds is 4. The highest BCUT2D eigenvalue weighted by Gasteiger charge is 1.99. The Bertz CT molecular complexity index is 558. The molecule has 0 spiro atoms. The molecule has 4 heteroatoms. The second-order valence-electron chi connectivity index (χ2n) is 3.52. The topological polar surface area (TPSA) is 52.4 Å². The van der Waals surface area contributed by atoms with Crippen LogP contribution in [0, 0.1) is 10.1 Å². The largest absolute Gasteiger partial charge is 0.490 e. The molecule has 0 amide bonds. The van der Waals surface area contributed by atoms with Crippen LogP contribution in [-0.4, -0.2) is 4.92 Å². The van der Waals surface area contributed by atoms with Crippen LogP contribution in [0.15, 0.2) is 54.9 Å². The summed E-state index contributed by atoms with van der Waals surface area (Å²) in [5, 5.41) is 12.3. The van der Waals surface area contributed by atoms with E-state index in [1.54, 1.807) is 0 Å². The van der Waals surface area contributed by atoms with Gasteiger partial charge in [0.1, 0.15) is 6.61 Å². The Morgan fingerprint density at radius 2 is 1.94 bits per heavy atom. The second-order valence-corrected chi connectivity index (χ2v) is 3.52. The van der Waals surface area contributed by atoms with Gasteiger partial charge in [-0.05, 0) is 16.3 Å². The molecule has 17 heavy (non-hydrogen) atoms. The first kappa shape index (κ1) is 11.1. The van der Waals surface area contributed by atoms with E-state index in [9.17, 15) is 10.1 Å². The van der Waals surface area contributed by atoms with Crippen molar-refractivity contribution in [3.8, 4) is 0 Å². The Morgan fingerprint density at radius 3 is 2.76 bits per heavy atom. The first-order valence-corrected chi connectivity index (χ1v) is 5.16. The molecule has 4 nitrogen and oxygen atoms in total. The van der Waals surface area contributed by atoms with Gasteiger partial charge in [0, 0.05) is 0 Å². The summed E-state index contributed by atoms with van der Waals surface area (Å²) in [6.45, 7) is 0.325. The zero-order valence-corrected chi connectivity index (χ0v) is 9.08. The van der Waals surface area contributed by atoms with Crippen molar-refractivity contribution in [1.29, 1.82) is 0 Å². The van der Waals surface area contributed by atoms with Crippen molar-refractivity contribution in [3.63, 3.8) is 0 Å². The minimum Gasteiger partial charge on any atom is -0.490 e. The molecule has 0 aliphatic heterocycles. The fraction of sp³-hybridized carbons (Fsp3) is 0.0769. The molecule has 0 aliphatic rings. The summed E-state index contributed by atoms with van der Waals surface area (Å²) in [6, 6.07) is 13.9. The average Bonchev–Trinajstić information content (AvgIpc) is 2.34. The predicted octanol–water partition coefficient (Wildman–Crippen LogP) is 3.10. The van der Waals surface area contributed by atoms with E-state index in [0.717, 1.165) is 28.8 Å². The summed E-state index contributed by atoms with van der Waals surface area (Å²) >= 11 is 0. The van der Waals surface area contributed by atoms with Crippen LogP contribution in [0.1, 0.15) is 5.56 Å². The van der Waals surface area contributed by atoms with Crippen molar-refractivity contribution in [3.05, 3.63) is 70.6 Å². The van der Waals surface area contributed by atoms with Gasteiger partial charge in [0.2, 0.25) is 0 Å². The molecular weight excluding hydrogens is 218 g/mol. The normalized spacial score (nSPS) is 10.8. The molecule has 0 aliphatic carbocycles. The quantitative estimate of drug-likeness (QED) is 0.460. The third-order valence-corrected chi connectivity index (χ3v) is 2.40. The lowest BCUT2D eigenvalue weighted by molar-refractivity contribution is -0.404. The molecular formula is C13H11NO3. The Labute approximate surface area is 98.3 Å². The molecule has 0 N–H and O–H groups in total. The van der Waals surface area contributed by atoms with Gasteiger partial charge in [0.05, 0.1) is 4.92 Å². The summed E-state index contributed by atoms with van der Waals surface area (Å²) in [5.74, 6) is 0. The van der Waals surface area contributed by atoms with Crippen molar-refractivity contribution in [2.45, 2.75) is 6.61 Å². The zero-order chi connectivity index (χ0) is 12.1. The van der Waals surface area contributed by atoms with E-state index in [4.69, 9.17) is 4.74 Å². The van der Waals surface area contributed by atoms with E-state index < -0.39 is 4.92 Å². The summed E-state index contributed by atoms with van der Waals surface area (Å²) in [6.07, 6.45) is 1.88. The van der Waals surface area contributed by atoms with Crippen LogP contribution in [0.3, 0.4) is 0 Å². The lowest BCUT2D eigenvalue weighted by Crippen LogP contribution is -1.90. The Morgan fingerprint density at radius 1 is 1.18 bits per heavy atom. The van der Waals surface area contributed by atoms with Crippen LogP contribution >= 0.6 is 0 Å². The summed E-state index contributed by atoms with van der Waals surface area (Å²) < 4.78 is 5.12. The molecule has 2 aromatic carbocycles. The minimum absolute atomic E-state index is 0.325. The highest BCUT2D eigenvalue weighted by molar-refractivity contribution is 5.85. The maximum Gasteiger partial charge on any atom is 0.268 e. The van der Waals surface area contributed by atoms with Gasteiger partial charge >= 0.3 is 0 Å². The molecule has 0 radical (unpaired) electrons. The predicted molar refractivity (Wildman–Crippen MR) is 64.9 cm³/mol. The van der Waals surface area contributed by atoms with E-state index in [0.29, 0.717) is 6.61 Å². The highest BCUT2D eigenvalue weighted by Crippen LogP contribution is 2.19. The van der Waals surface area contributed by atoms with Gasteiger partial charge < -0.3 is 4.74 Å². The number of benzene rings is 2. The molecule has 0 saturated carbocycles. The van der Waals surface area contributed by atoms with Gasteiger partial charge in [-0.1, -0.05) is 42.5 Å². The fourth-order valence-electron chi connectivity index (χ4n) is 1.65. The number of hydrogen-bond donors (Lipinski definition) is 0. The Hall–Kier alpha value is -2.36. The molecule has 0 fully saturated rings. The molecule has 2 aromatic rings. The maximum absolute atomic E-state index is 10.1. The van der Waals surface area contributed by atoms with E-state index in [1.165, 1.54) is 0 Å². The Kier molecular flexibility index (Phi) is 3.35. The van der Waals surface area contributed by atoms with Gasteiger partial charge in [-0.2, -0.15) is 0 Å². The van der Waals surface area contributed by atoms with Crippen molar-refractivity contribution >= 4 is 10.8 Å². The van der Waals surface area contributed by atoms with Crippen molar-refractivity contribution in [1.82, 2.24) is 0 Å². The standard InChI is InChI=1S/C13H11NO3/c15-14(16)8-9-17-10-12-6-3-5-11-4-1-2-7-13(11)12/h1-9H,10H2/b9-8+. The minimum atomic E-state index is -0.552. The molecule has 0 aromatic heterocycles. The van der Waals surface area contributed by atoms with Crippen LogP contribution in [0.5, 0.6) is 0 Å². The van der Waals surface area contributed by atoms with Crippen molar-refractivity contribution in [2.24, 2.45) is 0 Å². The zero-order valence-electron chi connectivity index (χ0n) is 9.08. The summed E-state index contributed by atoms with van der Waals surface area (Å²) in [7, 11) is 0. The van der Waals surface area contributed by atoms with Crippen LogP contribution < -0.4 is 0 Å². The maximum atomic E-state index is 10.1. The third-order valence-electron chi connectivity index (χ3n) is 2.40. The van der Waals surface area contributed by atoms with Gasteiger partial charge in [0.25, 0.3) is 6.20 Å². The molecule has 0 heterocycles. The van der Waals surface area contributed by atoms with E-state index in [1.807, 2.05) is 42.5 Å². The summed E-state index contributed by atoms with van der Waals surface area (Å²) in [5.41, 5.74) is 1.01. The van der Waals surface area contributed by atoms with Crippen LogP contribution in [0.25, 0.3) is 10.8 Å². The number of hydrogen-bond acceptors (Lipinski definition) is 3. The monoisotopic (exact) mass is 229 g/mol.